The van der Waals surface area contributed by atoms with Crippen LogP contribution in [0, 0.1) is 0 Å². The summed E-state index contributed by atoms with van der Waals surface area (Å²) in [4.78, 5) is 22.7. The standard InChI is InChI=1S/C42H60NO7P/c1-2-3-4-5-6-7-8-9-10-11-12-13-14-15-25-32-41(45)50-40(35-44)36-49-51(46,47)48-34-33-43-42(37-26-19-16-20-27-37,38-28-21-17-22-29-38)39-30-23-18-24-31-39/h9-10,16-24,26-31,40,43-44H,2-8,11-15,25,32-36H2,1H3,(H,46,47)/b10-9-/t40-/m0/s1. The zero-order valence-electron chi connectivity index (χ0n) is 30.5. The molecule has 0 bridgehead atoms. The minimum absolute atomic E-state index is 0.138. The summed E-state index contributed by atoms with van der Waals surface area (Å²) in [6.07, 6.45) is 18.9. The van der Waals surface area contributed by atoms with E-state index in [1.54, 1.807) is 0 Å². The number of nitrogens with one attached hydrogen (secondary N) is 1. The minimum Gasteiger partial charge on any atom is -0.457 e. The molecule has 3 N–H and O–H groups in total. The molecule has 0 saturated heterocycles. The lowest BCUT2D eigenvalue weighted by molar-refractivity contribution is -0.153. The topological polar surface area (TPSA) is 114 Å². The van der Waals surface area contributed by atoms with Crippen molar-refractivity contribution in [2.24, 2.45) is 0 Å². The Morgan fingerprint density at radius 1 is 0.725 bits per heavy atom. The van der Waals surface area contributed by atoms with Crippen LogP contribution in [0.2, 0.25) is 0 Å². The number of aliphatic hydroxyl groups excluding tert-OH is 1. The molecule has 0 aliphatic carbocycles. The van der Waals surface area contributed by atoms with E-state index in [9.17, 15) is 19.4 Å². The number of esters is 1. The third-order valence-electron chi connectivity index (χ3n) is 8.94. The summed E-state index contributed by atoms with van der Waals surface area (Å²) in [5, 5.41) is 13.3. The Hall–Kier alpha value is -3.10. The van der Waals surface area contributed by atoms with Gasteiger partial charge in [-0.3, -0.25) is 19.2 Å². The van der Waals surface area contributed by atoms with Gasteiger partial charge in [0.25, 0.3) is 0 Å². The smallest absolute Gasteiger partial charge is 0.457 e. The molecule has 8 nitrogen and oxygen atoms in total. The molecular weight excluding hydrogens is 661 g/mol. The quantitative estimate of drug-likeness (QED) is 0.0223. The highest BCUT2D eigenvalue weighted by molar-refractivity contribution is 7.47. The van der Waals surface area contributed by atoms with Crippen LogP contribution in [0.4, 0.5) is 0 Å². The van der Waals surface area contributed by atoms with Crippen molar-refractivity contribution >= 4 is 13.8 Å². The molecule has 51 heavy (non-hydrogen) atoms. The largest absolute Gasteiger partial charge is 0.472 e. The van der Waals surface area contributed by atoms with Crippen molar-refractivity contribution in [1.82, 2.24) is 5.32 Å². The summed E-state index contributed by atoms with van der Waals surface area (Å²) in [6.45, 7) is 1.32. The molecule has 0 saturated carbocycles. The summed E-state index contributed by atoms with van der Waals surface area (Å²) in [5.74, 6) is -0.466. The Morgan fingerprint density at radius 3 is 1.69 bits per heavy atom. The molecule has 0 heterocycles. The molecule has 0 aliphatic rings. The Kier molecular flexibility index (Phi) is 20.7. The van der Waals surface area contributed by atoms with Gasteiger partial charge in [-0.1, -0.05) is 161 Å². The van der Waals surface area contributed by atoms with Crippen molar-refractivity contribution in [2.75, 3.05) is 26.4 Å². The maximum atomic E-state index is 12.7. The number of carbonyl (C=O) groups excluding carboxylic acids is 1. The van der Waals surface area contributed by atoms with Crippen LogP contribution in [0.25, 0.3) is 0 Å². The van der Waals surface area contributed by atoms with Gasteiger partial charge in [-0.05, 0) is 48.8 Å². The Bertz CT molecular complexity index is 1310. The highest BCUT2D eigenvalue weighted by Gasteiger charge is 2.36. The molecule has 0 aliphatic heterocycles. The minimum atomic E-state index is -4.50. The lowest BCUT2D eigenvalue weighted by Gasteiger charge is -2.37. The van der Waals surface area contributed by atoms with Gasteiger partial charge in [0, 0.05) is 13.0 Å². The SMILES string of the molecule is CCCCCCCC/C=C\CCCCCCCC(=O)O[C@@H](CO)COP(=O)(O)OCCNC(c1ccccc1)(c1ccccc1)c1ccccc1. The monoisotopic (exact) mass is 721 g/mol. The van der Waals surface area contributed by atoms with E-state index in [1.807, 2.05) is 91.0 Å². The maximum Gasteiger partial charge on any atom is 0.472 e. The van der Waals surface area contributed by atoms with Crippen LogP contribution >= 0.6 is 7.82 Å². The van der Waals surface area contributed by atoms with Crippen LogP contribution in [0.1, 0.15) is 114 Å². The fourth-order valence-electron chi connectivity index (χ4n) is 6.19. The fraction of sp³-hybridized carbons (Fsp3) is 0.500. The first-order valence-corrected chi connectivity index (χ1v) is 20.4. The molecule has 3 rings (SSSR count). The number of aliphatic hydroxyl groups is 1. The zero-order valence-corrected chi connectivity index (χ0v) is 31.4. The number of ether oxygens (including phenoxy) is 1. The van der Waals surface area contributed by atoms with Gasteiger partial charge in [0.15, 0.2) is 0 Å². The number of phosphoric acid groups is 1. The third-order valence-corrected chi connectivity index (χ3v) is 9.92. The van der Waals surface area contributed by atoms with Crippen LogP contribution in [-0.4, -0.2) is 48.4 Å². The third kappa shape index (κ3) is 16.0. The van der Waals surface area contributed by atoms with E-state index in [0.29, 0.717) is 6.42 Å². The number of hydrogen-bond donors (Lipinski definition) is 3. The van der Waals surface area contributed by atoms with Crippen LogP contribution < -0.4 is 5.32 Å². The van der Waals surface area contributed by atoms with E-state index >= 15 is 0 Å². The molecule has 9 heteroatoms. The van der Waals surface area contributed by atoms with Gasteiger partial charge in [0.05, 0.1) is 25.4 Å². The van der Waals surface area contributed by atoms with Gasteiger partial charge in [-0.25, -0.2) is 4.57 Å². The Labute approximate surface area is 306 Å². The van der Waals surface area contributed by atoms with Crippen molar-refractivity contribution < 1.29 is 33.1 Å². The molecule has 0 spiro atoms. The molecule has 0 radical (unpaired) electrons. The van der Waals surface area contributed by atoms with Gasteiger partial charge in [-0.2, -0.15) is 0 Å². The van der Waals surface area contributed by atoms with Crippen molar-refractivity contribution in [3.63, 3.8) is 0 Å². The van der Waals surface area contributed by atoms with E-state index in [2.05, 4.69) is 24.4 Å². The molecule has 280 valence electrons. The lowest BCUT2D eigenvalue weighted by Crippen LogP contribution is -2.46. The van der Waals surface area contributed by atoms with E-state index in [4.69, 9.17) is 13.8 Å². The van der Waals surface area contributed by atoms with E-state index in [-0.39, 0.29) is 19.6 Å². The van der Waals surface area contributed by atoms with Crippen molar-refractivity contribution in [3.8, 4) is 0 Å². The van der Waals surface area contributed by atoms with Gasteiger partial charge in [0.2, 0.25) is 0 Å². The fourth-order valence-corrected chi connectivity index (χ4v) is 6.94. The van der Waals surface area contributed by atoms with Gasteiger partial charge in [0.1, 0.15) is 6.10 Å². The summed E-state index contributed by atoms with van der Waals surface area (Å²) in [5.41, 5.74) is 2.24. The Morgan fingerprint density at radius 2 is 1.20 bits per heavy atom. The molecule has 1 unspecified atom stereocenters. The second-order valence-corrected chi connectivity index (χ2v) is 14.5. The van der Waals surface area contributed by atoms with Crippen LogP contribution in [0.5, 0.6) is 0 Å². The van der Waals surface area contributed by atoms with E-state index in [1.165, 1.54) is 44.9 Å². The summed E-state index contributed by atoms with van der Waals surface area (Å²) in [7, 11) is -4.50. The van der Waals surface area contributed by atoms with Crippen LogP contribution in [-0.2, 0) is 28.7 Å². The van der Waals surface area contributed by atoms with Crippen LogP contribution in [0.3, 0.4) is 0 Å². The molecule has 0 amide bonds. The molecule has 0 fully saturated rings. The number of allylic oxidation sites excluding steroid dienone is 2. The highest BCUT2D eigenvalue weighted by Crippen LogP contribution is 2.43. The number of hydrogen-bond acceptors (Lipinski definition) is 7. The van der Waals surface area contributed by atoms with E-state index in [0.717, 1.165) is 48.8 Å². The van der Waals surface area contributed by atoms with Crippen molar-refractivity contribution in [1.29, 1.82) is 0 Å². The molecule has 3 aromatic carbocycles. The van der Waals surface area contributed by atoms with Gasteiger partial charge < -0.3 is 14.7 Å². The average molecular weight is 722 g/mol. The molecule has 2 atom stereocenters. The predicted octanol–water partition coefficient (Wildman–Crippen LogP) is 9.64. The maximum absolute atomic E-state index is 12.7. The number of benzene rings is 3. The number of rotatable bonds is 28. The predicted molar refractivity (Wildman–Crippen MR) is 205 cm³/mol. The summed E-state index contributed by atoms with van der Waals surface area (Å²) >= 11 is 0. The second kappa shape index (κ2) is 25.0. The number of carbonyl (C=O) groups is 1. The Balaban J connectivity index is 1.36. The normalized spacial score (nSPS) is 13.6. The first-order valence-electron chi connectivity index (χ1n) is 18.9. The molecule has 3 aromatic rings. The summed E-state index contributed by atoms with van der Waals surface area (Å²) in [6, 6.07) is 30.0. The average Bonchev–Trinajstić information content (AvgIpc) is 3.16. The van der Waals surface area contributed by atoms with Gasteiger partial charge in [-0.15, -0.1) is 0 Å². The molecule has 0 aromatic heterocycles. The zero-order chi connectivity index (χ0) is 36.5. The van der Waals surface area contributed by atoms with E-state index < -0.39 is 38.6 Å². The first kappa shape index (κ1) is 42.3. The highest BCUT2D eigenvalue weighted by atomic mass is 31.2. The summed E-state index contributed by atoms with van der Waals surface area (Å²) < 4.78 is 28.5. The lowest BCUT2D eigenvalue weighted by atomic mass is 9.77. The van der Waals surface area contributed by atoms with Crippen molar-refractivity contribution in [2.45, 2.75) is 108 Å². The number of unbranched alkanes of at least 4 members (excludes halogenated alkanes) is 11. The van der Waals surface area contributed by atoms with Crippen molar-refractivity contribution in [3.05, 3.63) is 120 Å². The first-order chi connectivity index (χ1) is 24.9. The van der Waals surface area contributed by atoms with Crippen LogP contribution in [0.15, 0.2) is 103 Å². The second-order valence-electron chi connectivity index (χ2n) is 13.0. The molecular formula is C42H60NO7P. The number of phosphoric ester groups is 1. The van der Waals surface area contributed by atoms with Gasteiger partial charge >= 0.3 is 13.8 Å².